The molecule has 4 nitrogen and oxygen atoms in total. The minimum Gasteiger partial charge on any atom is -0.494 e. The van der Waals surface area contributed by atoms with Crippen molar-refractivity contribution in [2.45, 2.75) is 77.6 Å². The molecular weight excluding hydrogens is 436 g/mol. The van der Waals surface area contributed by atoms with Gasteiger partial charge in [0.2, 0.25) is 0 Å². The number of carbonyl (C=O) groups is 1. The van der Waals surface area contributed by atoms with E-state index in [0.717, 1.165) is 42.8 Å². The Labute approximate surface area is 211 Å². The quantitative estimate of drug-likeness (QED) is 0.112. The Balaban J connectivity index is 1.31. The third-order valence-corrected chi connectivity index (χ3v) is 6.92. The first kappa shape index (κ1) is 26.8. The van der Waals surface area contributed by atoms with E-state index in [9.17, 15) is 4.79 Å². The van der Waals surface area contributed by atoms with E-state index in [1.807, 2.05) is 18.2 Å². The van der Waals surface area contributed by atoms with Crippen LogP contribution >= 0.6 is 0 Å². The topological polar surface area (TPSA) is 44.8 Å². The largest absolute Gasteiger partial charge is 0.494 e. The molecule has 0 radical (unpaired) electrons. The number of carbonyl (C=O) groups excluding carboxylic acids is 1. The van der Waals surface area contributed by atoms with E-state index in [4.69, 9.17) is 14.2 Å². The Morgan fingerprint density at radius 1 is 0.800 bits per heavy atom. The van der Waals surface area contributed by atoms with Gasteiger partial charge in [-0.3, -0.25) is 0 Å². The van der Waals surface area contributed by atoms with Crippen LogP contribution in [0.5, 0.6) is 17.2 Å². The summed E-state index contributed by atoms with van der Waals surface area (Å²) in [5.41, 5.74) is 0.483. The third-order valence-electron chi connectivity index (χ3n) is 6.92. The molecule has 190 valence electrons. The van der Waals surface area contributed by atoms with E-state index in [1.54, 1.807) is 36.4 Å². The van der Waals surface area contributed by atoms with Crippen LogP contribution in [-0.2, 0) is 0 Å². The molecule has 35 heavy (non-hydrogen) atoms. The number of benzene rings is 2. The molecule has 0 unspecified atom stereocenters. The second kappa shape index (κ2) is 15.3. The molecule has 4 heteroatoms. The molecule has 3 rings (SSSR count). The lowest BCUT2D eigenvalue weighted by Gasteiger charge is -2.28. The second-order valence-electron chi connectivity index (χ2n) is 9.68. The molecule has 1 saturated carbocycles. The third kappa shape index (κ3) is 9.79. The van der Waals surface area contributed by atoms with Crippen molar-refractivity contribution in [2.75, 3.05) is 13.2 Å². The smallest absolute Gasteiger partial charge is 0.343 e. The first-order chi connectivity index (χ1) is 17.2. The highest BCUT2D eigenvalue weighted by Crippen LogP contribution is 2.34. The van der Waals surface area contributed by atoms with Gasteiger partial charge in [-0.25, -0.2) is 4.79 Å². The highest BCUT2D eigenvalue weighted by atomic mass is 16.5. The summed E-state index contributed by atoms with van der Waals surface area (Å²) >= 11 is 0. The van der Waals surface area contributed by atoms with Crippen molar-refractivity contribution in [3.8, 4) is 17.2 Å². The highest BCUT2D eigenvalue weighted by molar-refractivity contribution is 5.91. The summed E-state index contributed by atoms with van der Waals surface area (Å²) in [4.78, 5) is 12.4. The molecule has 1 aliphatic rings. The van der Waals surface area contributed by atoms with Crippen molar-refractivity contribution in [3.63, 3.8) is 0 Å². The van der Waals surface area contributed by atoms with E-state index < -0.39 is 5.97 Å². The zero-order valence-electron chi connectivity index (χ0n) is 21.4. The van der Waals surface area contributed by atoms with E-state index >= 15 is 0 Å². The highest BCUT2D eigenvalue weighted by Gasteiger charge is 2.20. The average molecular weight is 479 g/mol. The fourth-order valence-electron chi connectivity index (χ4n) is 4.77. The number of hydrogen-bond acceptors (Lipinski definition) is 4. The van der Waals surface area contributed by atoms with E-state index in [1.165, 1.54) is 57.8 Å². The molecule has 0 aliphatic heterocycles. The Kier molecular flexibility index (Phi) is 11.7. The molecule has 0 bridgehead atoms. The molecule has 1 fully saturated rings. The molecule has 0 aromatic heterocycles. The van der Waals surface area contributed by atoms with Gasteiger partial charge in [0.25, 0.3) is 0 Å². The van der Waals surface area contributed by atoms with E-state index in [2.05, 4.69) is 13.5 Å². The maximum absolute atomic E-state index is 12.4. The minimum atomic E-state index is -0.392. The van der Waals surface area contributed by atoms with Crippen LogP contribution in [0.1, 0.15) is 87.9 Å². The number of rotatable bonds is 15. The van der Waals surface area contributed by atoms with E-state index in [-0.39, 0.29) is 0 Å². The summed E-state index contributed by atoms with van der Waals surface area (Å²) in [5, 5.41) is 0. The molecule has 0 spiro atoms. The van der Waals surface area contributed by atoms with Crippen LogP contribution in [0.15, 0.2) is 61.2 Å². The molecule has 0 heterocycles. The summed E-state index contributed by atoms with van der Waals surface area (Å²) in [7, 11) is 0. The standard InChI is InChI=1S/C31H42O4/c1-3-5-7-9-25-11-13-26(14-12-25)10-8-24-34-29-19-21-30(22-20-29)35-31(32)27-15-17-28(18-16-27)33-23-6-4-2/h4,15-22,25-26H,2-3,5-14,23-24H2,1H3. The van der Waals surface area contributed by atoms with Crippen molar-refractivity contribution in [1.29, 1.82) is 0 Å². The monoisotopic (exact) mass is 478 g/mol. The van der Waals surface area contributed by atoms with Crippen molar-refractivity contribution in [3.05, 3.63) is 66.7 Å². The average Bonchev–Trinajstić information content (AvgIpc) is 2.89. The fraction of sp³-hybridized carbons (Fsp3) is 0.516. The summed E-state index contributed by atoms with van der Waals surface area (Å²) < 4.78 is 17.0. The molecule has 0 amide bonds. The predicted octanol–water partition coefficient (Wildman–Crippen LogP) is 8.41. The first-order valence-corrected chi connectivity index (χ1v) is 13.5. The van der Waals surface area contributed by atoms with Crippen LogP contribution in [0.4, 0.5) is 0 Å². The summed E-state index contributed by atoms with van der Waals surface area (Å²) in [5.74, 6) is 3.49. The van der Waals surface area contributed by atoms with Crippen molar-refractivity contribution in [2.24, 2.45) is 11.8 Å². The van der Waals surface area contributed by atoms with Crippen LogP contribution in [0.25, 0.3) is 0 Å². The van der Waals surface area contributed by atoms with Crippen molar-refractivity contribution < 1.29 is 19.0 Å². The van der Waals surface area contributed by atoms with Gasteiger partial charge >= 0.3 is 5.97 Å². The van der Waals surface area contributed by atoms with Crippen LogP contribution < -0.4 is 14.2 Å². The Bertz CT molecular complexity index is 864. The number of hydrogen-bond donors (Lipinski definition) is 0. The minimum absolute atomic E-state index is 0.392. The number of unbranched alkanes of at least 4 members (excludes halogenated alkanes) is 2. The Hall–Kier alpha value is -2.75. The van der Waals surface area contributed by atoms with Crippen LogP contribution in [-0.4, -0.2) is 19.2 Å². The van der Waals surface area contributed by atoms with Gasteiger partial charge in [0.05, 0.1) is 18.8 Å². The van der Waals surface area contributed by atoms with Gasteiger partial charge in [-0.1, -0.05) is 64.4 Å². The first-order valence-electron chi connectivity index (χ1n) is 13.5. The van der Waals surface area contributed by atoms with Crippen LogP contribution in [0, 0.1) is 11.8 Å². The van der Waals surface area contributed by atoms with Crippen molar-refractivity contribution in [1.82, 2.24) is 0 Å². The Morgan fingerprint density at radius 2 is 1.34 bits per heavy atom. The normalized spacial score (nSPS) is 17.5. The van der Waals surface area contributed by atoms with Gasteiger partial charge in [0, 0.05) is 0 Å². The maximum Gasteiger partial charge on any atom is 0.343 e. The summed E-state index contributed by atoms with van der Waals surface area (Å²) in [6.07, 6.45) is 16.1. The number of esters is 1. The Morgan fingerprint density at radius 3 is 1.94 bits per heavy atom. The van der Waals surface area contributed by atoms with Gasteiger partial charge in [0.1, 0.15) is 17.2 Å². The SMILES string of the molecule is C=CCCOc1ccc(C(=O)Oc2ccc(OCCCC3CCC(CCCCC)CC3)cc2)cc1. The van der Waals surface area contributed by atoms with Gasteiger partial charge in [0.15, 0.2) is 0 Å². The lowest BCUT2D eigenvalue weighted by molar-refractivity contribution is 0.0734. The molecule has 1 aliphatic carbocycles. The fourth-order valence-corrected chi connectivity index (χ4v) is 4.77. The molecule has 2 aromatic carbocycles. The van der Waals surface area contributed by atoms with Gasteiger partial charge in [-0.2, -0.15) is 0 Å². The summed E-state index contributed by atoms with van der Waals surface area (Å²) in [6.45, 7) is 7.26. The van der Waals surface area contributed by atoms with Crippen LogP contribution in [0.2, 0.25) is 0 Å². The molecule has 0 atom stereocenters. The molecular formula is C31H42O4. The molecule has 0 N–H and O–H groups in total. The van der Waals surface area contributed by atoms with Gasteiger partial charge in [-0.15, -0.1) is 6.58 Å². The molecule has 0 saturated heterocycles. The van der Waals surface area contributed by atoms with Gasteiger partial charge in [-0.05, 0) is 79.6 Å². The zero-order chi connectivity index (χ0) is 24.7. The van der Waals surface area contributed by atoms with Crippen molar-refractivity contribution >= 4 is 5.97 Å². The summed E-state index contributed by atoms with van der Waals surface area (Å²) in [6, 6.07) is 14.2. The van der Waals surface area contributed by atoms with E-state index in [0.29, 0.717) is 17.9 Å². The number of ether oxygens (including phenoxy) is 3. The lowest BCUT2D eigenvalue weighted by Crippen LogP contribution is -2.15. The molecule has 2 aromatic rings. The zero-order valence-corrected chi connectivity index (χ0v) is 21.4. The predicted molar refractivity (Wildman–Crippen MR) is 142 cm³/mol. The lowest BCUT2D eigenvalue weighted by atomic mass is 9.78. The van der Waals surface area contributed by atoms with Crippen LogP contribution in [0.3, 0.4) is 0 Å². The maximum atomic E-state index is 12.4. The van der Waals surface area contributed by atoms with Gasteiger partial charge < -0.3 is 14.2 Å². The second-order valence-corrected chi connectivity index (χ2v) is 9.68.